The van der Waals surface area contributed by atoms with E-state index in [1.54, 1.807) is 32.3 Å². The molecule has 0 saturated carbocycles. The Morgan fingerprint density at radius 1 is 1.38 bits per heavy atom. The number of hydrogen-bond acceptors (Lipinski definition) is 7. The van der Waals surface area contributed by atoms with E-state index in [9.17, 15) is 9.59 Å². The van der Waals surface area contributed by atoms with Crippen LogP contribution in [0.5, 0.6) is 11.5 Å². The molecule has 140 valence electrons. The summed E-state index contributed by atoms with van der Waals surface area (Å²) in [4.78, 5) is 29.6. The molecule has 1 aliphatic rings. The highest BCUT2D eigenvalue weighted by atomic mass is 35.5. The molecule has 7 nitrogen and oxygen atoms in total. The first kappa shape index (κ1) is 20.1. The summed E-state index contributed by atoms with van der Waals surface area (Å²) in [6.07, 6.45) is 1.71. The van der Waals surface area contributed by atoms with Crippen molar-refractivity contribution in [1.29, 1.82) is 0 Å². The molecule has 1 aromatic rings. The van der Waals surface area contributed by atoms with Gasteiger partial charge in [-0.25, -0.2) is 4.79 Å². The van der Waals surface area contributed by atoms with Gasteiger partial charge in [0.1, 0.15) is 0 Å². The minimum Gasteiger partial charge on any atom is -0.490 e. The van der Waals surface area contributed by atoms with E-state index in [1.807, 2.05) is 6.92 Å². The van der Waals surface area contributed by atoms with Crippen LogP contribution in [0.1, 0.15) is 12.5 Å². The number of methoxy groups -OCH3 is 1. The van der Waals surface area contributed by atoms with Gasteiger partial charge in [-0.15, -0.1) is 0 Å². The molecule has 0 aromatic heterocycles. The number of halogens is 1. The van der Waals surface area contributed by atoms with Crippen LogP contribution in [0.4, 0.5) is 0 Å². The summed E-state index contributed by atoms with van der Waals surface area (Å²) >= 11 is 7.57. The lowest BCUT2D eigenvalue weighted by atomic mass is 10.1. The summed E-state index contributed by atoms with van der Waals surface area (Å²) in [5.41, 5.74) is 0.672. The maximum absolute atomic E-state index is 12.3. The first-order valence-corrected chi connectivity index (χ1v) is 8.91. The Kier molecular flexibility index (Phi) is 6.93. The van der Waals surface area contributed by atoms with E-state index in [4.69, 9.17) is 21.1 Å². The summed E-state index contributed by atoms with van der Waals surface area (Å²) in [7, 11) is 4.57. The summed E-state index contributed by atoms with van der Waals surface area (Å²) in [5.74, 6) is -0.0453. The SMILES string of the molecule is CCOc1cc(C=C2SC(=NC)N(C)C2=O)cc(Cl)c1OCC(=O)OC. The van der Waals surface area contributed by atoms with Crippen LogP contribution in [0.2, 0.25) is 5.02 Å². The predicted octanol–water partition coefficient (Wildman–Crippen LogP) is 2.82. The van der Waals surface area contributed by atoms with Gasteiger partial charge in [-0.1, -0.05) is 11.6 Å². The quantitative estimate of drug-likeness (QED) is 0.541. The van der Waals surface area contributed by atoms with Crippen molar-refractivity contribution in [3.8, 4) is 11.5 Å². The van der Waals surface area contributed by atoms with E-state index >= 15 is 0 Å². The number of carbonyl (C=O) groups is 2. The highest BCUT2D eigenvalue weighted by molar-refractivity contribution is 8.18. The number of carbonyl (C=O) groups excluding carboxylic acids is 2. The number of benzene rings is 1. The van der Waals surface area contributed by atoms with Crippen LogP contribution in [0.3, 0.4) is 0 Å². The number of esters is 1. The zero-order chi connectivity index (χ0) is 19.3. The fourth-order valence-corrected chi connectivity index (χ4v) is 3.37. The topological polar surface area (TPSA) is 77.4 Å². The minimum absolute atomic E-state index is 0.143. The highest BCUT2D eigenvalue weighted by Gasteiger charge is 2.29. The van der Waals surface area contributed by atoms with E-state index < -0.39 is 5.97 Å². The number of ether oxygens (including phenoxy) is 3. The molecule has 1 fully saturated rings. The Morgan fingerprint density at radius 2 is 2.12 bits per heavy atom. The second-order valence-electron chi connectivity index (χ2n) is 5.11. The van der Waals surface area contributed by atoms with Gasteiger partial charge in [0.05, 0.1) is 23.6 Å². The first-order valence-electron chi connectivity index (χ1n) is 7.71. The van der Waals surface area contributed by atoms with Crippen molar-refractivity contribution in [2.45, 2.75) is 6.92 Å². The van der Waals surface area contributed by atoms with Gasteiger partial charge >= 0.3 is 5.97 Å². The molecule has 9 heteroatoms. The molecule has 0 spiro atoms. The normalized spacial score (nSPS) is 17.1. The molecule has 1 heterocycles. The van der Waals surface area contributed by atoms with Crippen molar-refractivity contribution in [1.82, 2.24) is 4.90 Å². The van der Waals surface area contributed by atoms with Gasteiger partial charge in [-0.2, -0.15) is 0 Å². The molecular weight excluding hydrogens is 380 g/mol. The van der Waals surface area contributed by atoms with Crippen molar-refractivity contribution in [2.75, 3.05) is 34.4 Å². The largest absolute Gasteiger partial charge is 0.490 e. The molecule has 0 radical (unpaired) electrons. The van der Waals surface area contributed by atoms with Gasteiger partial charge in [-0.05, 0) is 42.5 Å². The van der Waals surface area contributed by atoms with Gasteiger partial charge in [-0.3, -0.25) is 14.7 Å². The minimum atomic E-state index is -0.530. The monoisotopic (exact) mass is 398 g/mol. The van der Waals surface area contributed by atoms with Gasteiger partial charge < -0.3 is 14.2 Å². The number of amidine groups is 1. The van der Waals surface area contributed by atoms with Crippen LogP contribution in [0.25, 0.3) is 6.08 Å². The molecule has 1 aromatic carbocycles. The number of aliphatic imine (C=N–C) groups is 1. The van der Waals surface area contributed by atoms with Crippen LogP contribution in [0.15, 0.2) is 22.0 Å². The molecule has 0 atom stereocenters. The number of nitrogens with zero attached hydrogens (tertiary/aromatic N) is 2. The number of likely N-dealkylation sites (N-methyl/N-ethyl adjacent to an activating group) is 1. The van der Waals surface area contributed by atoms with E-state index in [-0.39, 0.29) is 23.3 Å². The molecule has 0 N–H and O–H groups in total. The Balaban J connectivity index is 2.35. The van der Waals surface area contributed by atoms with E-state index in [2.05, 4.69) is 9.73 Å². The third-order valence-corrected chi connectivity index (χ3v) is 4.82. The van der Waals surface area contributed by atoms with E-state index in [1.165, 1.54) is 23.8 Å². The third kappa shape index (κ3) is 4.50. The smallest absolute Gasteiger partial charge is 0.343 e. The lowest BCUT2D eigenvalue weighted by Crippen LogP contribution is -2.23. The van der Waals surface area contributed by atoms with Crippen molar-refractivity contribution in [3.63, 3.8) is 0 Å². The number of amides is 1. The molecule has 0 bridgehead atoms. The molecule has 2 rings (SSSR count). The molecule has 26 heavy (non-hydrogen) atoms. The fourth-order valence-electron chi connectivity index (χ4n) is 2.17. The Labute approximate surface area is 160 Å². The molecule has 1 aliphatic heterocycles. The molecule has 1 amide bonds. The maximum Gasteiger partial charge on any atom is 0.343 e. The molecule has 0 aliphatic carbocycles. The Hall–Kier alpha value is -2.19. The highest BCUT2D eigenvalue weighted by Crippen LogP contribution is 2.39. The van der Waals surface area contributed by atoms with Gasteiger partial charge in [0.2, 0.25) is 0 Å². The Morgan fingerprint density at radius 3 is 2.69 bits per heavy atom. The maximum atomic E-state index is 12.3. The van der Waals surface area contributed by atoms with Crippen LogP contribution in [-0.2, 0) is 14.3 Å². The van der Waals surface area contributed by atoms with Crippen molar-refractivity contribution < 1.29 is 23.8 Å². The van der Waals surface area contributed by atoms with E-state index in [0.717, 1.165) is 0 Å². The van der Waals surface area contributed by atoms with Gasteiger partial charge in [0.15, 0.2) is 23.3 Å². The summed E-state index contributed by atoms with van der Waals surface area (Å²) in [5, 5.41) is 0.885. The second-order valence-corrected chi connectivity index (χ2v) is 6.53. The lowest BCUT2D eigenvalue weighted by Gasteiger charge is -2.14. The zero-order valence-electron chi connectivity index (χ0n) is 14.9. The standard InChI is InChI=1S/C17H19ClN2O5S/c1-5-24-12-7-10(6-11(18)15(12)25-9-14(21)23-4)8-13-16(22)20(3)17(19-2)26-13/h6-8H,5,9H2,1-4H3. The Bertz CT molecular complexity index is 779. The van der Waals surface area contributed by atoms with Gasteiger partial charge in [0, 0.05) is 14.1 Å². The molecule has 1 saturated heterocycles. The average Bonchev–Trinajstić information content (AvgIpc) is 2.88. The van der Waals surface area contributed by atoms with Crippen molar-refractivity contribution in [3.05, 3.63) is 27.6 Å². The van der Waals surface area contributed by atoms with Crippen molar-refractivity contribution in [2.24, 2.45) is 4.99 Å². The molecule has 0 unspecified atom stereocenters. The molecular formula is C17H19ClN2O5S. The van der Waals surface area contributed by atoms with Crippen molar-refractivity contribution >= 4 is 46.5 Å². The van der Waals surface area contributed by atoms with Gasteiger partial charge in [0.25, 0.3) is 5.91 Å². The van der Waals surface area contributed by atoms with Crippen LogP contribution in [-0.4, -0.2) is 56.4 Å². The number of rotatable bonds is 6. The fraction of sp³-hybridized carbons (Fsp3) is 0.353. The average molecular weight is 399 g/mol. The predicted molar refractivity (Wildman–Crippen MR) is 102 cm³/mol. The summed E-state index contributed by atoms with van der Waals surface area (Å²) in [6.45, 7) is 1.92. The second kappa shape index (κ2) is 8.95. The number of thioether (sulfide) groups is 1. The lowest BCUT2D eigenvalue weighted by molar-refractivity contribution is -0.142. The van der Waals surface area contributed by atoms with E-state index in [0.29, 0.717) is 28.0 Å². The van der Waals surface area contributed by atoms with Crippen LogP contribution < -0.4 is 9.47 Å². The number of hydrogen-bond donors (Lipinski definition) is 0. The summed E-state index contributed by atoms with van der Waals surface area (Å²) in [6, 6.07) is 3.34. The zero-order valence-corrected chi connectivity index (χ0v) is 16.4. The third-order valence-electron chi connectivity index (χ3n) is 3.39. The first-order chi connectivity index (χ1) is 12.4. The van der Waals surface area contributed by atoms with Crippen LogP contribution in [0, 0.1) is 0 Å². The summed E-state index contributed by atoms with van der Waals surface area (Å²) < 4.78 is 15.5. The van der Waals surface area contributed by atoms with Crippen LogP contribution >= 0.6 is 23.4 Å².